The van der Waals surface area contributed by atoms with Crippen molar-refractivity contribution in [3.63, 3.8) is 0 Å². The van der Waals surface area contributed by atoms with Crippen LogP contribution in [0.3, 0.4) is 0 Å². The van der Waals surface area contributed by atoms with E-state index in [0.717, 1.165) is 77.7 Å². The van der Waals surface area contributed by atoms with E-state index in [9.17, 15) is 0 Å². The van der Waals surface area contributed by atoms with E-state index >= 15 is 0 Å². The SMILES string of the molecule is CCNC(=NCCN(C)Cc1ccccc1)N1CCC(OCCCOC)CC1. The van der Waals surface area contributed by atoms with Gasteiger partial charge in [0.25, 0.3) is 0 Å². The zero-order valence-corrected chi connectivity index (χ0v) is 17.9. The molecule has 0 radical (unpaired) electrons. The van der Waals surface area contributed by atoms with Gasteiger partial charge in [0.1, 0.15) is 0 Å². The molecule has 0 spiro atoms. The van der Waals surface area contributed by atoms with Gasteiger partial charge in [-0.1, -0.05) is 30.3 Å². The fourth-order valence-electron chi connectivity index (χ4n) is 3.41. The number of likely N-dealkylation sites (N-methyl/N-ethyl adjacent to an activating group) is 1. The van der Waals surface area contributed by atoms with Gasteiger partial charge in [0.15, 0.2) is 5.96 Å². The number of piperidine rings is 1. The molecule has 1 fully saturated rings. The van der Waals surface area contributed by atoms with Crippen LogP contribution in [0, 0.1) is 0 Å². The predicted octanol–water partition coefficient (Wildman–Crippen LogP) is 2.60. The second kappa shape index (κ2) is 13.5. The standard InChI is InChI=1S/C22H38N4O2/c1-4-23-22(24-13-16-25(2)19-20-9-6-5-7-10-20)26-14-11-21(12-15-26)28-18-8-17-27-3/h5-7,9-10,21H,4,8,11-19H2,1-3H3,(H,23,24). The van der Waals surface area contributed by atoms with Crippen LogP contribution >= 0.6 is 0 Å². The van der Waals surface area contributed by atoms with E-state index in [0.29, 0.717) is 6.10 Å². The molecule has 1 saturated heterocycles. The van der Waals surface area contributed by atoms with Crippen molar-refractivity contribution in [2.45, 2.75) is 38.8 Å². The van der Waals surface area contributed by atoms with E-state index in [-0.39, 0.29) is 0 Å². The molecule has 1 aromatic carbocycles. The number of nitrogens with one attached hydrogen (secondary N) is 1. The second-order valence-electron chi connectivity index (χ2n) is 7.36. The number of ether oxygens (including phenoxy) is 2. The first-order chi connectivity index (χ1) is 13.7. The Morgan fingerprint density at radius 3 is 2.64 bits per heavy atom. The maximum absolute atomic E-state index is 5.97. The summed E-state index contributed by atoms with van der Waals surface area (Å²) >= 11 is 0. The topological polar surface area (TPSA) is 49.3 Å². The van der Waals surface area contributed by atoms with Gasteiger partial charge in [0, 0.05) is 53.0 Å². The maximum Gasteiger partial charge on any atom is 0.193 e. The molecule has 1 aliphatic rings. The molecule has 0 unspecified atom stereocenters. The summed E-state index contributed by atoms with van der Waals surface area (Å²) in [5, 5.41) is 3.45. The summed E-state index contributed by atoms with van der Waals surface area (Å²) in [7, 11) is 3.89. The van der Waals surface area contributed by atoms with Gasteiger partial charge in [0.05, 0.1) is 12.6 Å². The van der Waals surface area contributed by atoms with E-state index in [1.165, 1.54) is 5.56 Å². The minimum Gasteiger partial charge on any atom is -0.385 e. The van der Waals surface area contributed by atoms with Crippen molar-refractivity contribution in [3.8, 4) is 0 Å². The summed E-state index contributed by atoms with van der Waals surface area (Å²) in [5.41, 5.74) is 1.34. The fourth-order valence-corrected chi connectivity index (χ4v) is 3.41. The van der Waals surface area contributed by atoms with Crippen molar-refractivity contribution < 1.29 is 9.47 Å². The molecule has 0 saturated carbocycles. The van der Waals surface area contributed by atoms with Crippen LogP contribution < -0.4 is 5.32 Å². The first kappa shape index (κ1) is 22.7. The van der Waals surface area contributed by atoms with E-state index in [2.05, 4.69) is 59.4 Å². The molecule has 1 aromatic rings. The van der Waals surface area contributed by atoms with Gasteiger partial charge in [-0.3, -0.25) is 4.99 Å². The number of aliphatic imine (C=N–C) groups is 1. The van der Waals surface area contributed by atoms with Gasteiger partial charge in [-0.25, -0.2) is 0 Å². The van der Waals surface area contributed by atoms with Crippen LogP contribution in [0.25, 0.3) is 0 Å². The zero-order valence-electron chi connectivity index (χ0n) is 17.9. The monoisotopic (exact) mass is 390 g/mol. The second-order valence-corrected chi connectivity index (χ2v) is 7.36. The van der Waals surface area contributed by atoms with Crippen LogP contribution in [0.1, 0.15) is 31.7 Å². The highest BCUT2D eigenvalue weighted by atomic mass is 16.5. The number of likely N-dealkylation sites (tertiary alicyclic amines) is 1. The average molecular weight is 391 g/mol. The van der Waals surface area contributed by atoms with E-state index in [4.69, 9.17) is 14.5 Å². The third-order valence-electron chi connectivity index (χ3n) is 4.96. The maximum atomic E-state index is 5.97. The highest BCUT2D eigenvalue weighted by molar-refractivity contribution is 5.80. The van der Waals surface area contributed by atoms with Crippen LogP contribution in [0.2, 0.25) is 0 Å². The van der Waals surface area contributed by atoms with Gasteiger partial charge in [0.2, 0.25) is 0 Å². The summed E-state index contributed by atoms with van der Waals surface area (Å²) in [6.07, 6.45) is 3.46. The lowest BCUT2D eigenvalue weighted by molar-refractivity contribution is 0.00990. The number of benzene rings is 1. The Hall–Kier alpha value is -1.63. The zero-order chi connectivity index (χ0) is 20.0. The number of hydrogen-bond donors (Lipinski definition) is 1. The van der Waals surface area contributed by atoms with Crippen molar-refractivity contribution in [1.82, 2.24) is 15.1 Å². The molecule has 0 amide bonds. The average Bonchev–Trinajstić information content (AvgIpc) is 2.72. The largest absolute Gasteiger partial charge is 0.385 e. The van der Waals surface area contributed by atoms with Crippen LogP contribution in [-0.4, -0.2) is 82.0 Å². The summed E-state index contributed by atoms with van der Waals surface area (Å²) in [5.74, 6) is 1.04. The molecular weight excluding hydrogens is 352 g/mol. The quantitative estimate of drug-likeness (QED) is 0.358. The smallest absolute Gasteiger partial charge is 0.193 e. The number of guanidine groups is 1. The molecule has 1 aliphatic heterocycles. The minimum absolute atomic E-state index is 0.369. The lowest BCUT2D eigenvalue weighted by Gasteiger charge is -2.34. The van der Waals surface area contributed by atoms with Crippen LogP contribution in [0.4, 0.5) is 0 Å². The molecule has 28 heavy (non-hydrogen) atoms. The molecule has 158 valence electrons. The van der Waals surface area contributed by atoms with Gasteiger partial charge in [-0.15, -0.1) is 0 Å². The van der Waals surface area contributed by atoms with Crippen molar-refractivity contribution in [2.75, 3.05) is 60.1 Å². The lowest BCUT2D eigenvalue weighted by Crippen LogP contribution is -2.47. The highest BCUT2D eigenvalue weighted by Gasteiger charge is 2.21. The first-order valence-corrected chi connectivity index (χ1v) is 10.6. The van der Waals surface area contributed by atoms with Gasteiger partial charge in [-0.2, -0.15) is 0 Å². The van der Waals surface area contributed by atoms with Crippen molar-refractivity contribution >= 4 is 5.96 Å². The summed E-state index contributed by atoms with van der Waals surface area (Å²) in [6.45, 7) is 9.30. The molecule has 0 aliphatic carbocycles. The molecule has 1 N–H and O–H groups in total. The number of methoxy groups -OCH3 is 1. The Labute approximate surface area is 170 Å². The molecule has 6 heteroatoms. The summed E-state index contributed by atoms with van der Waals surface area (Å²) in [4.78, 5) is 9.56. The molecule has 0 aromatic heterocycles. The first-order valence-electron chi connectivity index (χ1n) is 10.6. The van der Waals surface area contributed by atoms with Crippen LogP contribution in [-0.2, 0) is 16.0 Å². The predicted molar refractivity (Wildman–Crippen MR) is 116 cm³/mol. The third kappa shape index (κ3) is 8.59. The molecule has 6 nitrogen and oxygen atoms in total. The molecular formula is C22H38N4O2. The van der Waals surface area contributed by atoms with Gasteiger partial charge in [-0.05, 0) is 38.8 Å². The van der Waals surface area contributed by atoms with Crippen LogP contribution in [0.15, 0.2) is 35.3 Å². The van der Waals surface area contributed by atoms with Gasteiger partial charge >= 0.3 is 0 Å². The number of rotatable bonds is 11. The normalized spacial score (nSPS) is 16.0. The van der Waals surface area contributed by atoms with Gasteiger partial charge < -0.3 is 24.6 Å². The highest BCUT2D eigenvalue weighted by Crippen LogP contribution is 2.14. The Bertz CT molecular complexity index is 545. The Morgan fingerprint density at radius 2 is 1.96 bits per heavy atom. The van der Waals surface area contributed by atoms with E-state index in [1.807, 2.05) is 0 Å². The summed E-state index contributed by atoms with van der Waals surface area (Å²) < 4.78 is 11.0. The molecule has 0 atom stereocenters. The molecule has 1 heterocycles. The molecule has 2 rings (SSSR count). The molecule has 0 bridgehead atoms. The Kier molecular flexibility index (Phi) is 10.9. The Morgan fingerprint density at radius 1 is 1.21 bits per heavy atom. The van der Waals surface area contributed by atoms with E-state index < -0.39 is 0 Å². The number of hydrogen-bond acceptors (Lipinski definition) is 4. The van der Waals surface area contributed by atoms with Crippen LogP contribution in [0.5, 0.6) is 0 Å². The van der Waals surface area contributed by atoms with Crippen molar-refractivity contribution in [2.24, 2.45) is 4.99 Å². The van der Waals surface area contributed by atoms with E-state index in [1.54, 1.807) is 7.11 Å². The summed E-state index contributed by atoms with van der Waals surface area (Å²) in [6, 6.07) is 10.6. The number of nitrogens with zero attached hydrogens (tertiary/aromatic N) is 3. The minimum atomic E-state index is 0.369. The fraction of sp³-hybridized carbons (Fsp3) is 0.682. The van der Waals surface area contributed by atoms with Crippen molar-refractivity contribution in [3.05, 3.63) is 35.9 Å². The Balaban J connectivity index is 1.73. The third-order valence-corrected chi connectivity index (χ3v) is 4.96. The van der Waals surface area contributed by atoms with Crippen molar-refractivity contribution in [1.29, 1.82) is 0 Å². The lowest BCUT2D eigenvalue weighted by atomic mass is 10.1.